The number of unbranched alkanes of at least 4 members (excludes halogenated alkanes) is 1. The summed E-state index contributed by atoms with van der Waals surface area (Å²) >= 11 is 1.95. The minimum atomic E-state index is -0.375. The van der Waals surface area contributed by atoms with E-state index < -0.39 is 0 Å². The summed E-state index contributed by atoms with van der Waals surface area (Å²) in [5, 5.41) is 10.6. The number of hydrogen-bond donors (Lipinski definition) is 1. The summed E-state index contributed by atoms with van der Waals surface area (Å²) < 4.78 is 0. The molecule has 0 radical (unpaired) electrons. The van der Waals surface area contributed by atoms with Crippen molar-refractivity contribution in [1.29, 1.82) is 0 Å². The predicted octanol–water partition coefficient (Wildman–Crippen LogP) is 2.90. The molecule has 0 spiro atoms. The zero-order valence-corrected chi connectivity index (χ0v) is 16.2. The van der Waals surface area contributed by atoms with Crippen LogP contribution in [0, 0.1) is 10.1 Å². The summed E-state index contributed by atoms with van der Waals surface area (Å²) in [4.78, 5) is 16.8. The van der Waals surface area contributed by atoms with Crippen LogP contribution in [-0.2, 0) is 6.42 Å². The first-order chi connectivity index (χ1) is 10.7. The van der Waals surface area contributed by atoms with Crippen LogP contribution in [0.15, 0.2) is 29.3 Å². The Morgan fingerprint density at radius 1 is 1.26 bits per heavy atom. The van der Waals surface area contributed by atoms with Crippen molar-refractivity contribution in [2.75, 3.05) is 31.1 Å². The molecule has 1 aromatic rings. The Balaban J connectivity index is 0.00000264. The van der Waals surface area contributed by atoms with Gasteiger partial charge in [-0.15, -0.1) is 24.0 Å². The molecule has 1 saturated heterocycles. The number of nitro benzene ring substituents is 1. The number of nitro groups is 1. The van der Waals surface area contributed by atoms with Gasteiger partial charge in [0.15, 0.2) is 5.96 Å². The van der Waals surface area contributed by atoms with Crippen molar-refractivity contribution in [2.24, 2.45) is 10.7 Å². The molecule has 1 aliphatic rings. The number of aryl methyl sites for hydroxylation is 1. The van der Waals surface area contributed by atoms with Crippen molar-refractivity contribution in [2.45, 2.75) is 19.3 Å². The molecule has 6 nitrogen and oxygen atoms in total. The van der Waals surface area contributed by atoms with E-state index in [1.807, 2.05) is 23.9 Å². The highest BCUT2D eigenvalue weighted by atomic mass is 127. The molecule has 0 bridgehead atoms. The Morgan fingerprint density at radius 3 is 2.52 bits per heavy atom. The highest BCUT2D eigenvalue weighted by Gasteiger charge is 2.11. The van der Waals surface area contributed by atoms with E-state index in [-0.39, 0.29) is 34.6 Å². The standard InChI is InChI=1S/C15H22N4O2S.HI/c16-15(18-9-11-22-12-10-18)17-8-2-1-3-13-4-6-14(7-5-13)19(20)21;/h4-7H,1-3,8-12H2,(H2,16,17);1H. The van der Waals surface area contributed by atoms with Crippen molar-refractivity contribution >= 4 is 47.4 Å². The largest absolute Gasteiger partial charge is 0.370 e. The summed E-state index contributed by atoms with van der Waals surface area (Å²) in [5.41, 5.74) is 7.25. The van der Waals surface area contributed by atoms with Crippen LogP contribution in [0.25, 0.3) is 0 Å². The Kier molecular flexibility index (Phi) is 9.30. The highest BCUT2D eigenvalue weighted by Crippen LogP contribution is 2.13. The zero-order valence-electron chi connectivity index (χ0n) is 13.0. The van der Waals surface area contributed by atoms with Gasteiger partial charge in [0, 0.05) is 43.3 Å². The van der Waals surface area contributed by atoms with Crippen LogP contribution in [0.3, 0.4) is 0 Å². The van der Waals surface area contributed by atoms with Gasteiger partial charge in [-0.3, -0.25) is 15.1 Å². The van der Waals surface area contributed by atoms with E-state index in [2.05, 4.69) is 9.89 Å². The van der Waals surface area contributed by atoms with Gasteiger partial charge in [0.1, 0.15) is 0 Å². The Hall–Kier alpha value is -1.03. The minimum Gasteiger partial charge on any atom is -0.370 e. The van der Waals surface area contributed by atoms with E-state index in [1.54, 1.807) is 12.1 Å². The summed E-state index contributed by atoms with van der Waals surface area (Å²) in [5.74, 6) is 2.91. The summed E-state index contributed by atoms with van der Waals surface area (Å²) in [6.07, 6.45) is 2.89. The van der Waals surface area contributed by atoms with E-state index in [4.69, 9.17) is 5.73 Å². The average molecular weight is 450 g/mol. The quantitative estimate of drug-likeness (QED) is 0.180. The monoisotopic (exact) mass is 450 g/mol. The number of rotatable bonds is 6. The van der Waals surface area contributed by atoms with Crippen LogP contribution in [0.5, 0.6) is 0 Å². The van der Waals surface area contributed by atoms with Crippen LogP contribution in [0.2, 0.25) is 0 Å². The van der Waals surface area contributed by atoms with Crippen LogP contribution in [-0.4, -0.2) is 46.9 Å². The molecule has 23 heavy (non-hydrogen) atoms. The van der Waals surface area contributed by atoms with E-state index in [0.29, 0.717) is 5.96 Å². The van der Waals surface area contributed by atoms with E-state index >= 15 is 0 Å². The Bertz CT molecular complexity index is 519. The number of halogens is 1. The van der Waals surface area contributed by atoms with Crippen LogP contribution in [0.1, 0.15) is 18.4 Å². The molecule has 2 N–H and O–H groups in total. The zero-order chi connectivity index (χ0) is 15.8. The van der Waals surface area contributed by atoms with Gasteiger partial charge in [-0.05, 0) is 24.8 Å². The SMILES string of the molecule is I.NC(=NCCCCc1ccc([N+](=O)[O-])cc1)N1CCSCC1. The second-order valence-electron chi connectivity index (χ2n) is 5.22. The molecule has 0 atom stereocenters. The Labute approximate surface area is 158 Å². The van der Waals surface area contributed by atoms with Crippen LogP contribution >= 0.6 is 35.7 Å². The van der Waals surface area contributed by atoms with Gasteiger partial charge < -0.3 is 10.6 Å². The van der Waals surface area contributed by atoms with E-state index in [0.717, 1.165) is 56.0 Å². The maximum Gasteiger partial charge on any atom is 0.269 e. The average Bonchev–Trinajstić information content (AvgIpc) is 2.55. The molecule has 0 saturated carbocycles. The van der Waals surface area contributed by atoms with Crippen LogP contribution < -0.4 is 5.73 Å². The fourth-order valence-corrected chi connectivity index (χ4v) is 3.21. The second kappa shape index (κ2) is 10.7. The topological polar surface area (TPSA) is 84.8 Å². The number of nitrogens with two attached hydrogens (primary N) is 1. The molecular weight excluding hydrogens is 427 g/mol. The number of guanidine groups is 1. The summed E-state index contributed by atoms with van der Waals surface area (Å²) in [6, 6.07) is 6.75. The molecule has 128 valence electrons. The molecule has 1 fully saturated rings. The lowest BCUT2D eigenvalue weighted by atomic mass is 10.1. The molecule has 0 aromatic heterocycles. The lowest BCUT2D eigenvalue weighted by Crippen LogP contribution is -2.42. The normalized spacial score (nSPS) is 15.1. The van der Waals surface area contributed by atoms with E-state index in [9.17, 15) is 10.1 Å². The molecule has 0 amide bonds. The van der Waals surface area contributed by atoms with Crippen molar-refractivity contribution < 1.29 is 4.92 Å². The fraction of sp³-hybridized carbons (Fsp3) is 0.533. The third kappa shape index (κ3) is 6.94. The summed E-state index contributed by atoms with van der Waals surface area (Å²) in [7, 11) is 0. The first kappa shape index (κ1) is 20.0. The number of thioether (sulfide) groups is 1. The van der Waals surface area contributed by atoms with Gasteiger partial charge in [0.2, 0.25) is 0 Å². The van der Waals surface area contributed by atoms with Crippen molar-refractivity contribution in [3.63, 3.8) is 0 Å². The predicted molar refractivity (Wildman–Crippen MR) is 107 cm³/mol. The molecule has 0 unspecified atom stereocenters. The van der Waals surface area contributed by atoms with Gasteiger partial charge in [-0.2, -0.15) is 11.8 Å². The number of non-ortho nitro benzene ring substituents is 1. The van der Waals surface area contributed by atoms with Gasteiger partial charge in [-0.1, -0.05) is 12.1 Å². The summed E-state index contributed by atoms with van der Waals surface area (Å²) in [6.45, 7) is 2.72. The molecule has 8 heteroatoms. The van der Waals surface area contributed by atoms with Crippen molar-refractivity contribution in [1.82, 2.24) is 4.90 Å². The molecule has 1 heterocycles. The van der Waals surface area contributed by atoms with Gasteiger partial charge in [-0.25, -0.2) is 0 Å². The smallest absolute Gasteiger partial charge is 0.269 e. The molecule has 1 aromatic carbocycles. The molecule has 0 aliphatic carbocycles. The fourth-order valence-electron chi connectivity index (χ4n) is 2.31. The maximum atomic E-state index is 10.6. The van der Waals surface area contributed by atoms with Crippen molar-refractivity contribution in [3.8, 4) is 0 Å². The molecule has 1 aliphatic heterocycles. The lowest BCUT2D eigenvalue weighted by molar-refractivity contribution is -0.384. The maximum absolute atomic E-state index is 10.6. The number of nitrogens with zero attached hydrogens (tertiary/aromatic N) is 3. The number of benzene rings is 1. The second-order valence-corrected chi connectivity index (χ2v) is 6.44. The van der Waals surface area contributed by atoms with Gasteiger partial charge in [0.25, 0.3) is 5.69 Å². The molecule has 2 rings (SSSR count). The van der Waals surface area contributed by atoms with Gasteiger partial charge in [0.05, 0.1) is 4.92 Å². The minimum absolute atomic E-state index is 0. The first-order valence-corrected chi connectivity index (χ1v) is 8.68. The number of hydrogen-bond acceptors (Lipinski definition) is 4. The molecular formula is C15H23IN4O2S. The number of aliphatic imine (C=N–C) groups is 1. The van der Waals surface area contributed by atoms with Gasteiger partial charge >= 0.3 is 0 Å². The third-order valence-electron chi connectivity index (χ3n) is 3.63. The van der Waals surface area contributed by atoms with Crippen molar-refractivity contribution in [3.05, 3.63) is 39.9 Å². The third-order valence-corrected chi connectivity index (χ3v) is 4.57. The Morgan fingerprint density at radius 2 is 1.91 bits per heavy atom. The lowest BCUT2D eigenvalue weighted by Gasteiger charge is -2.27. The van der Waals surface area contributed by atoms with E-state index in [1.165, 1.54) is 0 Å². The van der Waals surface area contributed by atoms with Crippen LogP contribution in [0.4, 0.5) is 5.69 Å². The first-order valence-electron chi connectivity index (χ1n) is 7.53. The highest BCUT2D eigenvalue weighted by molar-refractivity contribution is 14.0.